The van der Waals surface area contributed by atoms with Crippen LogP contribution in [0.1, 0.15) is 11.3 Å². The standard InChI is InChI=1S/C19H18Cl2N4O/c1-12-7-18(22-11-13-5-3-4-6-17(13)26-2)25-19(23-12)24-16-9-14(20)8-15(21)10-16/h3-10H,11H2,1-2H3,(H2,22,23,24,25). The van der Waals surface area contributed by atoms with Gasteiger partial charge in [-0.2, -0.15) is 4.98 Å². The van der Waals surface area contributed by atoms with Crippen molar-refractivity contribution in [2.75, 3.05) is 17.7 Å². The van der Waals surface area contributed by atoms with Crippen LogP contribution in [0.3, 0.4) is 0 Å². The van der Waals surface area contributed by atoms with Gasteiger partial charge in [-0.15, -0.1) is 0 Å². The largest absolute Gasteiger partial charge is 0.496 e. The molecule has 0 aliphatic carbocycles. The number of hydrogen-bond donors (Lipinski definition) is 2. The van der Waals surface area contributed by atoms with Gasteiger partial charge in [-0.05, 0) is 31.2 Å². The zero-order chi connectivity index (χ0) is 18.5. The van der Waals surface area contributed by atoms with Gasteiger partial charge < -0.3 is 15.4 Å². The average molecular weight is 389 g/mol. The van der Waals surface area contributed by atoms with Crippen molar-refractivity contribution < 1.29 is 4.74 Å². The molecule has 0 bridgehead atoms. The lowest BCUT2D eigenvalue weighted by molar-refractivity contribution is 0.410. The van der Waals surface area contributed by atoms with Crippen LogP contribution in [0, 0.1) is 6.92 Å². The second-order valence-electron chi connectivity index (χ2n) is 5.67. The molecule has 5 nitrogen and oxygen atoms in total. The summed E-state index contributed by atoms with van der Waals surface area (Å²) in [4.78, 5) is 8.90. The predicted octanol–water partition coefficient (Wildman–Crippen LogP) is 5.46. The lowest BCUT2D eigenvalue weighted by Crippen LogP contribution is -2.06. The molecule has 1 heterocycles. The number of nitrogens with zero attached hydrogens (tertiary/aromatic N) is 2. The minimum Gasteiger partial charge on any atom is -0.496 e. The minimum atomic E-state index is 0.464. The number of aromatic nitrogens is 2. The molecule has 1 aromatic heterocycles. The normalized spacial score (nSPS) is 10.5. The van der Waals surface area contributed by atoms with Crippen molar-refractivity contribution in [1.82, 2.24) is 9.97 Å². The first-order chi connectivity index (χ1) is 12.5. The number of para-hydroxylation sites is 1. The minimum absolute atomic E-state index is 0.464. The van der Waals surface area contributed by atoms with Crippen molar-refractivity contribution in [3.63, 3.8) is 0 Å². The van der Waals surface area contributed by atoms with E-state index in [2.05, 4.69) is 20.6 Å². The van der Waals surface area contributed by atoms with Crippen LogP contribution in [-0.2, 0) is 6.54 Å². The Morgan fingerprint density at radius 3 is 2.46 bits per heavy atom. The van der Waals surface area contributed by atoms with Gasteiger partial charge >= 0.3 is 0 Å². The van der Waals surface area contributed by atoms with E-state index in [1.165, 1.54) is 0 Å². The number of aryl methyl sites for hydroxylation is 1. The van der Waals surface area contributed by atoms with E-state index >= 15 is 0 Å². The Labute approximate surface area is 162 Å². The van der Waals surface area contributed by atoms with Gasteiger partial charge in [0.15, 0.2) is 0 Å². The number of hydrogen-bond acceptors (Lipinski definition) is 5. The Bertz CT molecular complexity index is 898. The number of rotatable bonds is 6. The molecule has 0 saturated carbocycles. The first-order valence-corrected chi connectivity index (χ1v) is 8.73. The highest BCUT2D eigenvalue weighted by molar-refractivity contribution is 6.35. The van der Waals surface area contributed by atoms with Crippen molar-refractivity contribution >= 4 is 40.7 Å². The molecule has 3 aromatic rings. The number of anilines is 3. The van der Waals surface area contributed by atoms with E-state index in [9.17, 15) is 0 Å². The third-order valence-electron chi connectivity index (χ3n) is 3.63. The van der Waals surface area contributed by atoms with Crippen molar-refractivity contribution in [3.8, 4) is 5.75 Å². The third kappa shape index (κ3) is 4.77. The van der Waals surface area contributed by atoms with Crippen molar-refractivity contribution in [2.24, 2.45) is 0 Å². The topological polar surface area (TPSA) is 59.1 Å². The molecular formula is C19H18Cl2N4O. The summed E-state index contributed by atoms with van der Waals surface area (Å²) in [5.41, 5.74) is 2.60. The molecule has 2 aromatic carbocycles. The fraction of sp³-hybridized carbons (Fsp3) is 0.158. The second kappa shape index (κ2) is 8.25. The lowest BCUT2D eigenvalue weighted by atomic mass is 10.2. The molecule has 3 rings (SSSR count). The number of ether oxygens (including phenoxy) is 1. The van der Waals surface area contributed by atoms with Crippen LogP contribution in [0.2, 0.25) is 10.0 Å². The summed E-state index contributed by atoms with van der Waals surface area (Å²) >= 11 is 12.1. The van der Waals surface area contributed by atoms with Gasteiger partial charge in [0.25, 0.3) is 0 Å². The molecular weight excluding hydrogens is 371 g/mol. The molecule has 7 heteroatoms. The van der Waals surface area contributed by atoms with Crippen LogP contribution >= 0.6 is 23.2 Å². The highest BCUT2D eigenvalue weighted by Gasteiger charge is 2.06. The molecule has 2 N–H and O–H groups in total. The average Bonchev–Trinajstić information content (AvgIpc) is 2.59. The van der Waals surface area contributed by atoms with Gasteiger partial charge in [0.2, 0.25) is 5.95 Å². The lowest BCUT2D eigenvalue weighted by Gasteiger charge is -2.12. The Morgan fingerprint density at radius 1 is 1.00 bits per heavy atom. The van der Waals surface area contributed by atoms with Crippen molar-refractivity contribution in [1.29, 1.82) is 0 Å². The Kier molecular flexibility index (Phi) is 5.81. The fourth-order valence-corrected chi connectivity index (χ4v) is 3.03. The summed E-state index contributed by atoms with van der Waals surface area (Å²) in [6, 6.07) is 14.9. The molecule has 0 aliphatic rings. The van der Waals surface area contributed by atoms with Gasteiger partial charge in [0.05, 0.1) is 7.11 Å². The molecule has 26 heavy (non-hydrogen) atoms. The first kappa shape index (κ1) is 18.3. The Balaban J connectivity index is 1.77. The molecule has 0 spiro atoms. The molecule has 0 aliphatic heterocycles. The summed E-state index contributed by atoms with van der Waals surface area (Å²) in [7, 11) is 1.66. The van der Waals surface area contributed by atoms with Crippen LogP contribution in [-0.4, -0.2) is 17.1 Å². The second-order valence-corrected chi connectivity index (χ2v) is 6.54. The van der Waals surface area contributed by atoms with Crippen molar-refractivity contribution in [3.05, 3.63) is 69.8 Å². The number of methoxy groups -OCH3 is 1. The summed E-state index contributed by atoms with van der Waals surface area (Å²) < 4.78 is 5.37. The van der Waals surface area contributed by atoms with E-state index in [0.29, 0.717) is 28.4 Å². The number of halogens is 2. The quantitative estimate of drug-likeness (QED) is 0.587. The van der Waals surface area contributed by atoms with E-state index in [1.54, 1.807) is 25.3 Å². The highest BCUT2D eigenvalue weighted by Crippen LogP contribution is 2.25. The molecule has 134 valence electrons. The van der Waals surface area contributed by atoms with Gasteiger partial charge in [0.1, 0.15) is 11.6 Å². The van der Waals surface area contributed by atoms with Crippen LogP contribution in [0.4, 0.5) is 17.5 Å². The maximum atomic E-state index is 6.04. The number of nitrogens with one attached hydrogen (secondary N) is 2. The number of benzene rings is 2. The zero-order valence-electron chi connectivity index (χ0n) is 14.4. The van der Waals surface area contributed by atoms with Gasteiger partial charge in [0, 0.05) is 39.6 Å². The van der Waals surface area contributed by atoms with Crippen LogP contribution in [0.15, 0.2) is 48.5 Å². The van der Waals surface area contributed by atoms with Gasteiger partial charge in [-0.25, -0.2) is 4.98 Å². The van der Waals surface area contributed by atoms with E-state index in [1.807, 2.05) is 37.3 Å². The zero-order valence-corrected chi connectivity index (χ0v) is 15.9. The predicted molar refractivity (Wildman–Crippen MR) is 107 cm³/mol. The van der Waals surface area contributed by atoms with Gasteiger partial charge in [-0.3, -0.25) is 0 Å². The Morgan fingerprint density at radius 2 is 1.73 bits per heavy atom. The summed E-state index contributed by atoms with van der Waals surface area (Å²) in [6.07, 6.45) is 0. The SMILES string of the molecule is COc1ccccc1CNc1cc(C)nc(Nc2cc(Cl)cc(Cl)c2)n1. The molecule has 0 fully saturated rings. The highest BCUT2D eigenvalue weighted by atomic mass is 35.5. The van der Waals surface area contributed by atoms with E-state index in [-0.39, 0.29) is 0 Å². The van der Waals surface area contributed by atoms with Crippen LogP contribution in [0.5, 0.6) is 5.75 Å². The fourth-order valence-electron chi connectivity index (χ4n) is 2.50. The smallest absolute Gasteiger partial charge is 0.229 e. The van der Waals surface area contributed by atoms with Crippen LogP contribution in [0.25, 0.3) is 0 Å². The third-order valence-corrected chi connectivity index (χ3v) is 4.06. The maximum Gasteiger partial charge on any atom is 0.229 e. The summed E-state index contributed by atoms with van der Waals surface area (Å²) in [5.74, 6) is 2.00. The molecule has 0 amide bonds. The summed E-state index contributed by atoms with van der Waals surface area (Å²) in [5, 5.41) is 7.52. The monoisotopic (exact) mass is 388 g/mol. The van der Waals surface area contributed by atoms with Crippen molar-refractivity contribution in [2.45, 2.75) is 13.5 Å². The van der Waals surface area contributed by atoms with E-state index in [4.69, 9.17) is 27.9 Å². The maximum absolute atomic E-state index is 6.04. The molecule has 0 unspecified atom stereocenters. The first-order valence-electron chi connectivity index (χ1n) is 7.98. The molecule has 0 atom stereocenters. The molecule has 0 saturated heterocycles. The summed E-state index contributed by atoms with van der Waals surface area (Å²) in [6.45, 7) is 2.50. The van der Waals surface area contributed by atoms with E-state index < -0.39 is 0 Å². The van der Waals surface area contributed by atoms with Crippen LogP contribution < -0.4 is 15.4 Å². The Hall–Kier alpha value is -2.50. The van der Waals surface area contributed by atoms with Gasteiger partial charge in [-0.1, -0.05) is 41.4 Å². The van der Waals surface area contributed by atoms with E-state index in [0.717, 1.165) is 22.7 Å². The molecule has 0 radical (unpaired) electrons.